The summed E-state index contributed by atoms with van der Waals surface area (Å²) in [6.07, 6.45) is 7.42. The highest BCUT2D eigenvalue weighted by molar-refractivity contribution is 5.95. The number of nitrogens with zero attached hydrogens (tertiary/aromatic N) is 3. The molecule has 36 heavy (non-hydrogen) atoms. The molecule has 4 aromatic rings. The summed E-state index contributed by atoms with van der Waals surface area (Å²) in [5.74, 6) is -0.0187. The van der Waals surface area contributed by atoms with Crippen molar-refractivity contribution < 1.29 is 14.8 Å². The predicted molar refractivity (Wildman–Crippen MR) is 139 cm³/mol. The second-order valence-corrected chi connectivity index (χ2v) is 8.59. The summed E-state index contributed by atoms with van der Waals surface area (Å²) in [4.78, 5) is 32.4. The Balaban J connectivity index is 1.30. The summed E-state index contributed by atoms with van der Waals surface area (Å²) in [5.41, 5.74) is 6.00. The number of amides is 2. The van der Waals surface area contributed by atoms with Crippen LogP contribution < -0.4 is 16.1 Å². The topological polar surface area (TPSA) is 121 Å². The number of aromatic nitrogens is 3. The number of carbonyl (C=O) groups is 2. The first-order valence-corrected chi connectivity index (χ1v) is 12.0. The SMILES string of the molecule is Cn1cc(-c2ccnc(Nc3ccc(C(=O)NCCCCCCC(=O)NO)cc3)n2)c2ccccc21. The number of rotatable bonds is 11. The fraction of sp³-hybridized carbons (Fsp3) is 0.259. The molecule has 9 heteroatoms. The van der Waals surface area contributed by atoms with Gasteiger partial charge in [0.05, 0.1) is 5.69 Å². The molecule has 0 unspecified atom stereocenters. The molecule has 0 atom stereocenters. The molecule has 4 N–H and O–H groups in total. The van der Waals surface area contributed by atoms with E-state index in [4.69, 9.17) is 10.2 Å². The van der Waals surface area contributed by atoms with Crippen molar-refractivity contribution in [2.45, 2.75) is 32.1 Å². The fourth-order valence-electron chi connectivity index (χ4n) is 4.07. The molecule has 0 aliphatic heterocycles. The van der Waals surface area contributed by atoms with E-state index in [0.717, 1.165) is 47.1 Å². The smallest absolute Gasteiger partial charge is 0.251 e. The van der Waals surface area contributed by atoms with Crippen molar-refractivity contribution in [1.29, 1.82) is 0 Å². The zero-order valence-corrected chi connectivity index (χ0v) is 20.2. The lowest BCUT2D eigenvalue weighted by atomic mass is 10.1. The maximum absolute atomic E-state index is 12.4. The zero-order chi connectivity index (χ0) is 25.3. The largest absolute Gasteiger partial charge is 0.352 e. The van der Waals surface area contributed by atoms with Gasteiger partial charge in [0.1, 0.15) is 0 Å². The predicted octanol–water partition coefficient (Wildman–Crippen LogP) is 4.56. The molecule has 2 amide bonds. The van der Waals surface area contributed by atoms with E-state index < -0.39 is 0 Å². The average Bonchev–Trinajstić information content (AvgIpc) is 3.25. The van der Waals surface area contributed by atoms with Crippen molar-refractivity contribution in [2.24, 2.45) is 7.05 Å². The number of hydrogen-bond acceptors (Lipinski definition) is 6. The quantitative estimate of drug-likeness (QED) is 0.140. The minimum Gasteiger partial charge on any atom is -0.352 e. The van der Waals surface area contributed by atoms with Gasteiger partial charge < -0.3 is 15.2 Å². The number of para-hydroxylation sites is 1. The lowest BCUT2D eigenvalue weighted by Crippen LogP contribution is -2.24. The Kier molecular flexibility index (Phi) is 8.25. The Labute approximate surface area is 209 Å². The Hall–Kier alpha value is -4.24. The molecule has 0 bridgehead atoms. The molecule has 0 saturated carbocycles. The molecule has 0 fully saturated rings. The Morgan fingerprint density at radius 3 is 2.56 bits per heavy atom. The molecule has 4 rings (SSSR count). The molecule has 2 heterocycles. The zero-order valence-electron chi connectivity index (χ0n) is 20.2. The Morgan fingerprint density at radius 2 is 1.75 bits per heavy atom. The molecular weight excluding hydrogens is 456 g/mol. The maximum Gasteiger partial charge on any atom is 0.251 e. The number of nitrogens with one attached hydrogen (secondary N) is 3. The van der Waals surface area contributed by atoms with Crippen molar-refractivity contribution >= 4 is 34.4 Å². The first kappa shape index (κ1) is 24.9. The van der Waals surface area contributed by atoms with Gasteiger partial charge in [0.2, 0.25) is 11.9 Å². The van der Waals surface area contributed by atoms with Gasteiger partial charge in [-0.1, -0.05) is 31.0 Å². The van der Waals surface area contributed by atoms with E-state index in [1.54, 1.807) is 23.8 Å². The lowest BCUT2D eigenvalue weighted by molar-refractivity contribution is -0.129. The fourth-order valence-corrected chi connectivity index (χ4v) is 4.07. The normalized spacial score (nSPS) is 10.8. The third-order valence-electron chi connectivity index (χ3n) is 5.97. The highest BCUT2D eigenvalue weighted by Gasteiger charge is 2.11. The van der Waals surface area contributed by atoms with E-state index in [2.05, 4.69) is 38.5 Å². The molecule has 0 saturated heterocycles. The van der Waals surface area contributed by atoms with Gasteiger partial charge in [-0.05, 0) is 49.2 Å². The summed E-state index contributed by atoms with van der Waals surface area (Å²) >= 11 is 0. The van der Waals surface area contributed by atoms with Gasteiger partial charge in [-0.3, -0.25) is 14.8 Å². The van der Waals surface area contributed by atoms with E-state index in [-0.39, 0.29) is 11.8 Å². The van der Waals surface area contributed by atoms with E-state index >= 15 is 0 Å². The van der Waals surface area contributed by atoms with E-state index in [1.807, 2.05) is 37.4 Å². The van der Waals surface area contributed by atoms with Crippen LogP contribution in [0.5, 0.6) is 0 Å². The van der Waals surface area contributed by atoms with Crippen LogP contribution in [0.25, 0.3) is 22.2 Å². The number of hydrogen-bond donors (Lipinski definition) is 4. The summed E-state index contributed by atoms with van der Waals surface area (Å²) in [7, 11) is 2.02. The summed E-state index contributed by atoms with van der Waals surface area (Å²) < 4.78 is 2.09. The number of hydroxylamine groups is 1. The number of unbranched alkanes of at least 4 members (excludes halogenated alkanes) is 3. The van der Waals surface area contributed by atoms with Crippen LogP contribution in [0.1, 0.15) is 42.5 Å². The lowest BCUT2D eigenvalue weighted by Gasteiger charge is -2.08. The molecule has 2 aromatic heterocycles. The van der Waals surface area contributed by atoms with Gasteiger partial charge in [-0.25, -0.2) is 15.4 Å². The first-order valence-electron chi connectivity index (χ1n) is 12.0. The highest BCUT2D eigenvalue weighted by atomic mass is 16.5. The molecule has 0 spiro atoms. The molecule has 0 aliphatic rings. The van der Waals surface area contributed by atoms with Gasteiger partial charge in [-0.2, -0.15) is 0 Å². The number of carbonyl (C=O) groups excluding carboxylic acids is 2. The first-order chi connectivity index (χ1) is 17.5. The van der Waals surface area contributed by atoms with Crippen LogP contribution >= 0.6 is 0 Å². The highest BCUT2D eigenvalue weighted by Crippen LogP contribution is 2.29. The molecule has 9 nitrogen and oxygen atoms in total. The third kappa shape index (κ3) is 6.25. The van der Waals surface area contributed by atoms with Crippen LogP contribution in [0.3, 0.4) is 0 Å². The summed E-state index contributed by atoms with van der Waals surface area (Å²) in [6.45, 7) is 0.569. The van der Waals surface area contributed by atoms with Crippen molar-refractivity contribution in [3.8, 4) is 11.3 Å². The number of fused-ring (bicyclic) bond motifs is 1. The monoisotopic (exact) mass is 486 g/mol. The van der Waals surface area contributed by atoms with Crippen LogP contribution in [0.4, 0.5) is 11.6 Å². The standard InChI is InChI=1S/C27H30N6O3/c1-33-18-22(21-8-5-6-9-24(21)33)23-15-17-29-27(31-23)30-20-13-11-19(12-14-20)26(35)28-16-7-3-2-4-10-25(34)32-36/h5-6,8-9,11-15,17-18,36H,2-4,7,10,16H2,1H3,(H,28,35)(H,32,34)(H,29,30,31). The number of anilines is 2. The Morgan fingerprint density at radius 1 is 0.972 bits per heavy atom. The second-order valence-electron chi connectivity index (χ2n) is 8.59. The third-order valence-corrected chi connectivity index (χ3v) is 5.97. The molecule has 0 radical (unpaired) electrons. The minimum atomic E-state index is -0.370. The van der Waals surface area contributed by atoms with Crippen LogP contribution in [0, 0.1) is 0 Å². The van der Waals surface area contributed by atoms with E-state index in [0.29, 0.717) is 30.9 Å². The average molecular weight is 487 g/mol. The van der Waals surface area contributed by atoms with Crippen LogP contribution in [0.2, 0.25) is 0 Å². The van der Waals surface area contributed by atoms with Crippen LogP contribution in [0.15, 0.2) is 67.0 Å². The van der Waals surface area contributed by atoms with Gasteiger partial charge in [0, 0.05) is 60.1 Å². The van der Waals surface area contributed by atoms with Gasteiger partial charge in [0.15, 0.2) is 0 Å². The molecule has 186 valence electrons. The summed E-state index contributed by atoms with van der Waals surface area (Å²) in [5, 5.41) is 15.7. The second kappa shape index (κ2) is 11.9. The maximum atomic E-state index is 12.4. The van der Waals surface area contributed by atoms with Gasteiger partial charge in [-0.15, -0.1) is 0 Å². The number of aryl methyl sites for hydroxylation is 1. The van der Waals surface area contributed by atoms with Crippen molar-refractivity contribution in [1.82, 2.24) is 25.3 Å². The van der Waals surface area contributed by atoms with Crippen LogP contribution in [-0.4, -0.2) is 38.1 Å². The van der Waals surface area contributed by atoms with Crippen LogP contribution in [-0.2, 0) is 11.8 Å². The summed E-state index contributed by atoms with van der Waals surface area (Å²) in [6, 6.07) is 17.3. The van der Waals surface area contributed by atoms with E-state index in [1.165, 1.54) is 0 Å². The van der Waals surface area contributed by atoms with Crippen molar-refractivity contribution in [3.05, 3.63) is 72.6 Å². The van der Waals surface area contributed by atoms with Crippen molar-refractivity contribution in [3.63, 3.8) is 0 Å². The minimum absolute atomic E-state index is 0.129. The Bertz CT molecular complexity index is 1330. The van der Waals surface area contributed by atoms with Crippen molar-refractivity contribution in [2.75, 3.05) is 11.9 Å². The molecule has 0 aliphatic carbocycles. The number of benzene rings is 2. The van der Waals surface area contributed by atoms with Gasteiger partial charge in [0.25, 0.3) is 5.91 Å². The van der Waals surface area contributed by atoms with E-state index in [9.17, 15) is 9.59 Å². The van der Waals surface area contributed by atoms with Gasteiger partial charge >= 0.3 is 0 Å². The molecule has 2 aromatic carbocycles. The molecular formula is C27H30N6O3.